The zero-order valence-electron chi connectivity index (χ0n) is 14.2. The van der Waals surface area contributed by atoms with Gasteiger partial charge in [0.1, 0.15) is 13.2 Å². The fraction of sp³-hybridized carbons (Fsp3) is 0.150. The van der Waals surface area contributed by atoms with Crippen LogP contribution in [-0.4, -0.2) is 32.6 Å². The molecule has 26 heavy (non-hydrogen) atoms. The van der Waals surface area contributed by atoms with Crippen molar-refractivity contribution < 1.29 is 9.47 Å². The van der Waals surface area contributed by atoms with Gasteiger partial charge < -0.3 is 9.47 Å². The molecule has 1 aliphatic rings. The summed E-state index contributed by atoms with van der Waals surface area (Å²) < 4.78 is 13.4. The molecule has 5 rings (SSSR count). The molecule has 0 aliphatic carbocycles. The Balaban J connectivity index is 1.76. The minimum Gasteiger partial charge on any atom is -0.486 e. The predicted molar refractivity (Wildman–Crippen MR) is 97.4 cm³/mol. The van der Waals surface area contributed by atoms with Gasteiger partial charge in [-0.25, -0.2) is 9.97 Å². The Morgan fingerprint density at radius 2 is 1.81 bits per heavy atom. The number of ether oxygens (including phenoxy) is 2. The lowest BCUT2D eigenvalue weighted by Crippen LogP contribution is -2.15. The summed E-state index contributed by atoms with van der Waals surface area (Å²) in [6, 6.07) is 11.9. The second-order valence-electron chi connectivity index (χ2n) is 6.14. The molecule has 0 radical (unpaired) electrons. The second-order valence-corrected chi connectivity index (χ2v) is 6.14. The number of nitrogens with zero attached hydrogens (tertiary/aromatic N) is 4. The number of aromatic nitrogens is 4. The van der Waals surface area contributed by atoms with E-state index in [9.17, 15) is 0 Å². The second kappa shape index (κ2) is 5.84. The normalized spacial score (nSPS) is 13.1. The number of rotatable bonds is 2. The van der Waals surface area contributed by atoms with Gasteiger partial charge in [-0.3, -0.25) is 9.38 Å². The summed E-state index contributed by atoms with van der Waals surface area (Å²) in [6.07, 6.45) is 5.54. The molecular formula is C20H16N4O2. The van der Waals surface area contributed by atoms with E-state index in [1.807, 2.05) is 54.0 Å². The molecule has 4 aromatic rings. The maximum absolute atomic E-state index is 5.74. The van der Waals surface area contributed by atoms with E-state index in [4.69, 9.17) is 14.5 Å². The third kappa shape index (κ3) is 2.38. The molecule has 0 N–H and O–H groups in total. The zero-order chi connectivity index (χ0) is 17.5. The van der Waals surface area contributed by atoms with Crippen LogP contribution in [0.1, 0.15) is 5.69 Å². The van der Waals surface area contributed by atoms with E-state index in [0.717, 1.165) is 39.7 Å². The predicted octanol–water partition coefficient (Wildman–Crippen LogP) is 3.54. The monoisotopic (exact) mass is 344 g/mol. The molecule has 1 aromatic carbocycles. The molecule has 0 atom stereocenters. The van der Waals surface area contributed by atoms with Gasteiger partial charge in [-0.2, -0.15) is 0 Å². The lowest BCUT2D eigenvalue weighted by Gasteiger charge is -2.18. The molecule has 0 amide bonds. The molecular weight excluding hydrogens is 328 g/mol. The first kappa shape index (κ1) is 14.9. The van der Waals surface area contributed by atoms with Crippen LogP contribution in [-0.2, 0) is 0 Å². The fourth-order valence-electron chi connectivity index (χ4n) is 3.25. The van der Waals surface area contributed by atoms with Crippen molar-refractivity contribution in [2.45, 2.75) is 6.92 Å². The molecule has 4 heterocycles. The molecule has 0 bridgehead atoms. The van der Waals surface area contributed by atoms with Crippen molar-refractivity contribution in [2.24, 2.45) is 0 Å². The third-order valence-electron chi connectivity index (χ3n) is 4.39. The van der Waals surface area contributed by atoms with Gasteiger partial charge in [-0.1, -0.05) is 0 Å². The highest BCUT2D eigenvalue weighted by Crippen LogP contribution is 2.38. The van der Waals surface area contributed by atoms with E-state index >= 15 is 0 Å². The van der Waals surface area contributed by atoms with Crippen molar-refractivity contribution >= 4 is 5.78 Å². The van der Waals surface area contributed by atoms with Crippen molar-refractivity contribution in [3.8, 4) is 34.0 Å². The first-order valence-corrected chi connectivity index (χ1v) is 8.46. The van der Waals surface area contributed by atoms with Crippen molar-refractivity contribution in [1.82, 2.24) is 19.4 Å². The largest absolute Gasteiger partial charge is 0.486 e. The SMILES string of the molecule is Cc1cc(-c2c(-c3ccc4c(c3)OCCO4)nc3ncccn23)ccn1. The van der Waals surface area contributed by atoms with Gasteiger partial charge in [0.15, 0.2) is 11.5 Å². The summed E-state index contributed by atoms with van der Waals surface area (Å²) in [4.78, 5) is 13.5. The Kier molecular flexibility index (Phi) is 3.35. The quantitative estimate of drug-likeness (QED) is 0.557. The van der Waals surface area contributed by atoms with E-state index in [-0.39, 0.29) is 0 Å². The molecule has 3 aromatic heterocycles. The molecule has 0 unspecified atom stereocenters. The molecule has 0 saturated heterocycles. The highest BCUT2D eigenvalue weighted by molar-refractivity contribution is 5.82. The van der Waals surface area contributed by atoms with E-state index in [1.165, 1.54) is 0 Å². The van der Waals surface area contributed by atoms with E-state index in [0.29, 0.717) is 19.0 Å². The summed E-state index contributed by atoms with van der Waals surface area (Å²) >= 11 is 0. The number of aryl methyl sites for hydroxylation is 1. The van der Waals surface area contributed by atoms with Crippen LogP contribution in [0.15, 0.2) is 55.0 Å². The molecule has 128 valence electrons. The van der Waals surface area contributed by atoms with Crippen molar-refractivity contribution in [3.63, 3.8) is 0 Å². The number of fused-ring (bicyclic) bond motifs is 2. The Bertz CT molecular complexity index is 1120. The molecule has 6 heteroatoms. The highest BCUT2D eigenvalue weighted by Gasteiger charge is 2.19. The van der Waals surface area contributed by atoms with Crippen LogP contribution in [0.2, 0.25) is 0 Å². The van der Waals surface area contributed by atoms with Gasteiger partial charge in [-0.15, -0.1) is 0 Å². The van der Waals surface area contributed by atoms with Crippen LogP contribution < -0.4 is 9.47 Å². The van der Waals surface area contributed by atoms with Gasteiger partial charge in [0.25, 0.3) is 0 Å². The van der Waals surface area contributed by atoms with Gasteiger partial charge >= 0.3 is 0 Å². The third-order valence-corrected chi connectivity index (χ3v) is 4.39. The summed E-state index contributed by atoms with van der Waals surface area (Å²) in [6.45, 7) is 3.11. The minimum absolute atomic E-state index is 0.555. The van der Waals surface area contributed by atoms with Crippen LogP contribution in [0, 0.1) is 6.92 Å². The topological polar surface area (TPSA) is 61.5 Å². The first-order chi connectivity index (χ1) is 12.8. The molecule has 1 aliphatic heterocycles. The first-order valence-electron chi connectivity index (χ1n) is 8.46. The van der Waals surface area contributed by atoms with Crippen molar-refractivity contribution in [1.29, 1.82) is 0 Å². The average molecular weight is 344 g/mol. The number of imidazole rings is 1. The van der Waals surface area contributed by atoms with Crippen LogP contribution in [0.25, 0.3) is 28.3 Å². The molecule has 0 spiro atoms. The Labute approximate surface area is 150 Å². The Morgan fingerprint density at radius 1 is 0.923 bits per heavy atom. The fourth-order valence-corrected chi connectivity index (χ4v) is 3.25. The van der Waals surface area contributed by atoms with Gasteiger partial charge in [0.05, 0.1) is 11.4 Å². The summed E-state index contributed by atoms with van der Waals surface area (Å²) in [7, 11) is 0. The van der Waals surface area contributed by atoms with E-state index in [2.05, 4.69) is 16.0 Å². The number of benzene rings is 1. The molecule has 6 nitrogen and oxygen atoms in total. The summed E-state index contributed by atoms with van der Waals surface area (Å²) in [5, 5.41) is 0. The maximum atomic E-state index is 5.74. The Morgan fingerprint density at radius 3 is 2.69 bits per heavy atom. The summed E-state index contributed by atoms with van der Waals surface area (Å²) in [5.41, 5.74) is 4.79. The number of hydrogen-bond donors (Lipinski definition) is 0. The van der Waals surface area contributed by atoms with Gasteiger partial charge in [-0.05, 0) is 43.3 Å². The smallest absolute Gasteiger partial charge is 0.234 e. The Hall–Kier alpha value is -3.41. The van der Waals surface area contributed by atoms with Crippen molar-refractivity contribution in [3.05, 3.63) is 60.7 Å². The standard InChI is InChI=1S/C20H16N4O2/c1-13-11-15(5-7-21-13)19-18(23-20-22-6-2-8-24(19)20)14-3-4-16-17(12-14)26-10-9-25-16/h2-8,11-12H,9-10H2,1H3. The van der Waals surface area contributed by atoms with Crippen LogP contribution in [0.5, 0.6) is 11.5 Å². The molecule has 0 fully saturated rings. The number of hydrogen-bond acceptors (Lipinski definition) is 5. The maximum Gasteiger partial charge on any atom is 0.234 e. The average Bonchev–Trinajstić information content (AvgIpc) is 3.07. The van der Waals surface area contributed by atoms with Crippen LogP contribution in [0.4, 0.5) is 0 Å². The minimum atomic E-state index is 0.555. The number of pyridine rings is 1. The van der Waals surface area contributed by atoms with Gasteiger partial charge in [0, 0.05) is 35.4 Å². The van der Waals surface area contributed by atoms with E-state index in [1.54, 1.807) is 6.20 Å². The lowest BCUT2D eigenvalue weighted by atomic mass is 10.0. The summed E-state index contributed by atoms with van der Waals surface area (Å²) in [5.74, 6) is 2.17. The lowest BCUT2D eigenvalue weighted by molar-refractivity contribution is 0.171. The van der Waals surface area contributed by atoms with Gasteiger partial charge in [0.2, 0.25) is 5.78 Å². The highest BCUT2D eigenvalue weighted by atomic mass is 16.6. The van der Waals surface area contributed by atoms with Crippen molar-refractivity contribution in [2.75, 3.05) is 13.2 Å². The van der Waals surface area contributed by atoms with Crippen LogP contribution >= 0.6 is 0 Å². The van der Waals surface area contributed by atoms with Crippen LogP contribution in [0.3, 0.4) is 0 Å². The van der Waals surface area contributed by atoms with E-state index < -0.39 is 0 Å². The molecule has 0 saturated carbocycles. The zero-order valence-corrected chi connectivity index (χ0v) is 14.2.